The minimum atomic E-state index is -2.84. The van der Waals surface area contributed by atoms with Gasteiger partial charge in [-0.25, -0.2) is 0 Å². The van der Waals surface area contributed by atoms with E-state index < -0.39 is 6.61 Å². The van der Waals surface area contributed by atoms with Crippen molar-refractivity contribution in [3.8, 4) is 5.75 Å². The van der Waals surface area contributed by atoms with E-state index in [1.807, 2.05) is 14.0 Å². The van der Waals surface area contributed by atoms with Crippen LogP contribution in [0.15, 0.2) is 28.7 Å². The predicted molar refractivity (Wildman–Crippen MR) is 79.4 cm³/mol. The molecule has 2 aromatic rings. The normalized spacial score (nSPS) is 12.7. The lowest BCUT2D eigenvalue weighted by Gasteiger charge is -2.14. The van der Waals surface area contributed by atoms with E-state index in [0.29, 0.717) is 6.42 Å². The Morgan fingerprint density at radius 2 is 2.14 bits per heavy atom. The second-order valence-corrected chi connectivity index (χ2v) is 5.52. The Kier molecular flexibility index (Phi) is 4.95. The number of nitrogens with two attached hydrogens (primary N) is 1. The third-order valence-electron chi connectivity index (χ3n) is 3.19. The van der Waals surface area contributed by atoms with Gasteiger partial charge in [0.2, 0.25) is 0 Å². The van der Waals surface area contributed by atoms with Crippen molar-refractivity contribution < 1.29 is 13.5 Å². The summed E-state index contributed by atoms with van der Waals surface area (Å²) in [5.41, 5.74) is 8.75. The fourth-order valence-electron chi connectivity index (χ4n) is 2.15. The summed E-state index contributed by atoms with van der Waals surface area (Å²) in [4.78, 5) is 0. The molecule has 1 atom stereocenters. The summed E-state index contributed by atoms with van der Waals surface area (Å²) in [6, 6.07) is 6.12. The molecule has 1 heterocycles. The summed E-state index contributed by atoms with van der Waals surface area (Å²) in [7, 11) is 1.84. The zero-order valence-electron chi connectivity index (χ0n) is 11.7. The molecule has 0 aliphatic heterocycles. The quantitative estimate of drug-likeness (QED) is 0.890. The van der Waals surface area contributed by atoms with Crippen LogP contribution in [0.1, 0.15) is 23.0 Å². The van der Waals surface area contributed by atoms with E-state index >= 15 is 0 Å². The molecule has 4 nitrogen and oxygen atoms in total. The van der Waals surface area contributed by atoms with E-state index in [-0.39, 0.29) is 11.8 Å². The second-order valence-electron chi connectivity index (χ2n) is 4.73. The largest absolute Gasteiger partial charge is 0.435 e. The lowest BCUT2D eigenvalue weighted by molar-refractivity contribution is -0.0499. The van der Waals surface area contributed by atoms with Crippen molar-refractivity contribution in [3.63, 3.8) is 0 Å². The number of hydrogen-bond donors (Lipinski definition) is 1. The summed E-state index contributed by atoms with van der Waals surface area (Å²) in [5.74, 6) is 0.109. The lowest BCUT2D eigenvalue weighted by atomic mass is 10.0. The second kappa shape index (κ2) is 6.53. The van der Waals surface area contributed by atoms with Gasteiger partial charge in [-0.15, -0.1) is 0 Å². The molecule has 0 saturated carbocycles. The smallest absolute Gasteiger partial charge is 0.387 e. The summed E-state index contributed by atoms with van der Waals surface area (Å²) < 4.78 is 31.5. The van der Waals surface area contributed by atoms with E-state index in [2.05, 4.69) is 25.8 Å². The average molecular weight is 360 g/mol. The fourth-order valence-corrected chi connectivity index (χ4v) is 2.65. The Morgan fingerprint density at radius 1 is 1.43 bits per heavy atom. The van der Waals surface area contributed by atoms with Crippen molar-refractivity contribution in [2.24, 2.45) is 12.8 Å². The summed E-state index contributed by atoms with van der Waals surface area (Å²) in [5, 5.41) is 4.30. The number of aryl methyl sites for hydroxylation is 2. The Hall–Kier alpha value is -1.47. The first-order valence-corrected chi connectivity index (χ1v) is 7.16. The molecule has 7 heteroatoms. The van der Waals surface area contributed by atoms with Gasteiger partial charge in [0.1, 0.15) is 5.75 Å². The van der Waals surface area contributed by atoms with Crippen LogP contribution < -0.4 is 10.5 Å². The molecule has 21 heavy (non-hydrogen) atoms. The molecule has 0 spiro atoms. The number of alkyl halides is 2. The van der Waals surface area contributed by atoms with E-state index in [1.165, 1.54) is 12.1 Å². The first-order chi connectivity index (χ1) is 9.88. The molecular formula is C14H16BrF2N3O. The highest BCUT2D eigenvalue weighted by atomic mass is 79.9. The number of benzene rings is 1. The van der Waals surface area contributed by atoms with Crippen molar-refractivity contribution in [1.29, 1.82) is 0 Å². The Labute approximate surface area is 130 Å². The minimum Gasteiger partial charge on any atom is -0.435 e. The number of ether oxygens (including phenoxy) is 1. The maximum Gasteiger partial charge on any atom is 0.387 e. The molecule has 0 aliphatic carbocycles. The standard InChI is InChI=1S/C14H16BrF2N3O/c1-8-13(15)12(20(2)19-8)7-11(18)9-4-3-5-10(6-9)21-14(16)17/h3-6,11,14H,7,18H2,1-2H3. The van der Waals surface area contributed by atoms with Gasteiger partial charge in [-0.3, -0.25) is 4.68 Å². The topological polar surface area (TPSA) is 53.1 Å². The molecule has 1 aromatic carbocycles. The van der Waals surface area contributed by atoms with Gasteiger partial charge in [0.25, 0.3) is 0 Å². The van der Waals surface area contributed by atoms with Crippen LogP contribution in [0.3, 0.4) is 0 Å². The molecule has 114 valence electrons. The first kappa shape index (κ1) is 15.9. The summed E-state index contributed by atoms with van der Waals surface area (Å²) in [6.07, 6.45) is 0.538. The third kappa shape index (κ3) is 3.79. The molecule has 0 amide bonds. The third-order valence-corrected chi connectivity index (χ3v) is 4.22. The molecule has 2 rings (SSSR count). The average Bonchev–Trinajstić information content (AvgIpc) is 2.65. The highest BCUT2D eigenvalue weighted by Gasteiger charge is 2.16. The van der Waals surface area contributed by atoms with Gasteiger partial charge in [0, 0.05) is 19.5 Å². The van der Waals surface area contributed by atoms with Gasteiger partial charge < -0.3 is 10.5 Å². The van der Waals surface area contributed by atoms with Crippen molar-refractivity contribution >= 4 is 15.9 Å². The monoisotopic (exact) mass is 359 g/mol. The van der Waals surface area contributed by atoms with Gasteiger partial charge in [0.05, 0.1) is 15.9 Å². The van der Waals surface area contributed by atoms with Crippen LogP contribution in [0.25, 0.3) is 0 Å². The van der Waals surface area contributed by atoms with Crippen molar-refractivity contribution in [2.45, 2.75) is 26.0 Å². The van der Waals surface area contributed by atoms with E-state index in [1.54, 1.807) is 16.8 Å². The molecule has 2 N–H and O–H groups in total. The van der Waals surface area contributed by atoms with Gasteiger partial charge >= 0.3 is 6.61 Å². The number of rotatable bonds is 5. The SMILES string of the molecule is Cc1nn(C)c(CC(N)c2cccc(OC(F)F)c2)c1Br. The minimum absolute atomic E-state index is 0.109. The van der Waals surface area contributed by atoms with Gasteiger partial charge in [-0.05, 0) is 40.5 Å². The molecule has 1 unspecified atom stereocenters. The van der Waals surface area contributed by atoms with Crippen LogP contribution in [0, 0.1) is 6.92 Å². The van der Waals surface area contributed by atoms with Crippen LogP contribution in [-0.4, -0.2) is 16.4 Å². The zero-order chi connectivity index (χ0) is 15.6. The first-order valence-electron chi connectivity index (χ1n) is 6.36. The van der Waals surface area contributed by atoms with Crippen molar-refractivity contribution in [1.82, 2.24) is 9.78 Å². The zero-order valence-corrected chi connectivity index (χ0v) is 13.3. The van der Waals surface area contributed by atoms with Crippen LogP contribution in [0.4, 0.5) is 8.78 Å². The molecule has 0 bridgehead atoms. The number of nitrogens with zero attached hydrogens (tertiary/aromatic N) is 2. The number of aromatic nitrogens is 2. The highest BCUT2D eigenvalue weighted by Crippen LogP contribution is 2.26. The van der Waals surface area contributed by atoms with Gasteiger partial charge in [-0.1, -0.05) is 12.1 Å². The van der Waals surface area contributed by atoms with E-state index in [4.69, 9.17) is 5.73 Å². The number of halogens is 3. The van der Waals surface area contributed by atoms with Crippen LogP contribution >= 0.6 is 15.9 Å². The molecule has 0 saturated heterocycles. The molecule has 0 aliphatic rings. The van der Waals surface area contributed by atoms with Gasteiger partial charge in [-0.2, -0.15) is 13.9 Å². The highest BCUT2D eigenvalue weighted by molar-refractivity contribution is 9.10. The van der Waals surface area contributed by atoms with Crippen molar-refractivity contribution in [3.05, 3.63) is 45.7 Å². The Morgan fingerprint density at radius 3 is 2.71 bits per heavy atom. The summed E-state index contributed by atoms with van der Waals surface area (Å²) in [6.45, 7) is -0.943. The molecular weight excluding hydrogens is 344 g/mol. The van der Waals surface area contributed by atoms with Crippen LogP contribution in [0.5, 0.6) is 5.75 Å². The van der Waals surface area contributed by atoms with E-state index in [0.717, 1.165) is 21.4 Å². The van der Waals surface area contributed by atoms with Crippen LogP contribution in [-0.2, 0) is 13.5 Å². The molecule has 0 radical (unpaired) electrons. The predicted octanol–water partition coefficient (Wildman–Crippen LogP) is 3.33. The lowest BCUT2D eigenvalue weighted by Crippen LogP contribution is -2.16. The number of hydrogen-bond acceptors (Lipinski definition) is 3. The maximum absolute atomic E-state index is 12.2. The van der Waals surface area contributed by atoms with Crippen molar-refractivity contribution in [2.75, 3.05) is 0 Å². The molecule has 1 aromatic heterocycles. The Bertz CT molecular complexity index is 631. The fraction of sp³-hybridized carbons (Fsp3) is 0.357. The Balaban J connectivity index is 2.18. The summed E-state index contributed by atoms with van der Waals surface area (Å²) >= 11 is 3.49. The van der Waals surface area contributed by atoms with Gasteiger partial charge in [0.15, 0.2) is 0 Å². The molecule has 0 fully saturated rings. The van der Waals surface area contributed by atoms with E-state index in [9.17, 15) is 8.78 Å². The maximum atomic E-state index is 12.2. The van der Waals surface area contributed by atoms with Crippen LogP contribution in [0.2, 0.25) is 0 Å².